The van der Waals surface area contributed by atoms with Crippen LogP contribution < -0.4 is 4.74 Å². The molecule has 1 amide bonds. The predicted molar refractivity (Wildman–Crippen MR) is 133 cm³/mol. The SMILES string of the molecule is C=CCOc1ccc(/C=C2/SC(=Nc3ccccc3)N(CCc3ccccc3)C2=O)cc1. The summed E-state index contributed by atoms with van der Waals surface area (Å²) < 4.78 is 5.54. The third-order valence-electron chi connectivity index (χ3n) is 4.88. The summed E-state index contributed by atoms with van der Waals surface area (Å²) in [6.45, 7) is 4.70. The molecule has 160 valence electrons. The molecule has 0 bridgehead atoms. The van der Waals surface area contributed by atoms with Crippen LogP contribution in [0.4, 0.5) is 5.69 Å². The second-order valence-corrected chi connectivity index (χ2v) is 8.21. The number of para-hydroxylation sites is 1. The minimum atomic E-state index is -0.0207. The van der Waals surface area contributed by atoms with Crippen LogP contribution in [0.15, 0.2) is 107 Å². The number of carbonyl (C=O) groups excluding carboxylic acids is 1. The number of amidine groups is 1. The van der Waals surface area contributed by atoms with Gasteiger partial charge in [-0.2, -0.15) is 0 Å². The third-order valence-corrected chi connectivity index (χ3v) is 5.89. The smallest absolute Gasteiger partial charge is 0.266 e. The van der Waals surface area contributed by atoms with E-state index in [9.17, 15) is 4.79 Å². The highest BCUT2D eigenvalue weighted by Gasteiger charge is 2.33. The first-order valence-corrected chi connectivity index (χ1v) is 11.3. The lowest BCUT2D eigenvalue weighted by atomic mass is 10.1. The molecular weight excluding hydrogens is 416 g/mol. The molecule has 0 N–H and O–H groups in total. The summed E-state index contributed by atoms with van der Waals surface area (Å²) in [7, 11) is 0. The van der Waals surface area contributed by atoms with Crippen molar-refractivity contribution in [2.45, 2.75) is 6.42 Å². The van der Waals surface area contributed by atoms with Gasteiger partial charge in [0.2, 0.25) is 0 Å². The fraction of sp³-hybridized carbons (Fsp3) is 0.111. The largest absolute Gasteiger partial charge is 0.490 e. The zero-order chi connectivity index (χ0) is 22.2. The Balaban J connectivity index is 1.57. The Morgan fingerprint density at radius 3 is 2.31 bits per heavy atom. The van der Waals surface area contributed by atoms with E-state index in [-0.39, 0.29) is 5.91 Å². The molecule has 0 unspecified atom stereocenters. The number of benzene rings is 3. The van der Waals surface area contributed by atoms with Gasteiger partial charge < -0.3 is 4.74 Å². The van der Waals surface area contributed by atoms with Crippen molar-refractivity contribution in [1.82, 2.24) is 4.90 Å². The van der Waals surface area contributed by atoms with E-state index >= 15 is 0 Å². The molecule has 1 fully saturated rings. The van der Waals surface area contributed by atoms with Gasteiger partial charge in [-0.1, -0.05) is 73.3 Å². The van der Waals surface area contributed by atoms with E-state index in [1.54, 1.807) is 11.0 Å². The first-order valence-electron chi connectivity index (χ1n) is 10.5. The van der Waals surface area contributed by atoms with Crippen LogP contribution in [-0.2, 0) is 11.2 Å². The average molecular weight is 441 g/mol. The highest BCUT2D eigenvalue weighted by molar-refractivity contribution is 8.18. The average Bonchev–Trinajstić information content (AvgIpc) is 3.12. The topological polar surface area (TPSA) is 41.9 Å². The maximum absolute atomic E-state index is 13.3. The molecule has 1 aliphatic rings. The standard InChI is InChI=1S/C27H24N2O2S/c1-2-19-31-24-15-13-22(14-16-24)20-25-26(30)29(18-17-21-9-5-3-6-10-21)27(32-25)28-23-11-7-4-8-12-23/h2-16,20H,1,17-19H2/b25-20+,28-27?. The van der Waals surface area contributed by atoms with Gasteiger partial charge in [0.05, 0.1) is 10.6 Å². The summed E-state index contributed by atoms with van der Waals surface area (Å²) in [4.78, 5) is 20.5. The zero-order valence-electron chi connectivity index (χ0n) is 17.7. The lowest BCUT2D eigenvalue weighted by molar-refractivity contribution is -0.122. The molecule has 32 heavy (non-hydrogen) atoms. The number of hydrogen-bond acceptors (Lipinski definition) is 4. The van der Waals surface area contributed by atoms with Gasteiger partial charge in [-0.3, -0.25) is 9.69 Å². The van der Waals surface area contributed by atoms with Gasteiger partial charge in [-0.25, -0.2) is 4.99 Å². The quantitative estimate of drug-likeness (QED) is 0.314. The van der Waals surface area contributed by atoms with Crippen molar-refractivity contribution >= 4 is 34.6 Å². The summed E-state index contributed by atoms with van der Waals surface area (Å²) >= 11 is 1.41. The Labute approximate surface area is 192 Å². The van der Waals surface area contributed by atoms with Crippen molar-refractivity contribution in [3.63, 3.8) is 0 Å². The van der Waals surface area contributed by atoms with E-state index in [4.69, 9.17) is 9.73 Å². The van der Waals surface area contributed by atoms with Crippen LogP contribution in [0.2, 0.25) is 0 Å². The highest BCUT2D eigenvalue weighted by Crippen LogP contribution is 2.34. The molecule has 1 heterocycles. The van der Waals surface area contributed by atoms with Crippen molar-refractivity contribution in [1.29, 1.82) is 0 Å². The summed E-state index contributed by atoms with van der Waals surface area (Å²) in [5, 5.41) is 0.703. The Hall–Kier alpha value is -3.57. The molecule has 1 saturated heterocycles. The zero-order valence-corrected chi connectivity index (χ0v) is 18.5. The monoisotopic (exact) mass is 440 g/mol. The molecule has 0 saturated carbocycles. The van der Waals surface area contributed by atoms with E-state index in [0.29, 0.717) is 23.2 Å². The highest BCUT2D eigenvalue weighted by atomic mass is 32.2. The van der Waals surface area contributed by atoms with Crippen LogP contribution in [0.1, 0.15) is 11.1 Å². The van der Waals surface area contributed by atoms with E-state index < -0.39 is 0 Å². The number of ether oxygens (including phenoxy) is 1. The summed E-state index contributed by atoms with van der Waals surface area (Å²) in [5.74, 6) is 0.751. The van der Waals surface area contributed by atoms with E-state index in [0.717, 1.165) is 23.4 Å². The normalized spacial score (nSPS) is 16.0. The number of thioether (sulfide) groups is 1. The van der Waals surface area contributed by atoms with E-state index in [1.807, 2.05) is 78.9 Å². The number of rotatable bonds is 8. The van der Waals surface area contributed by atoms with Gasteiger partial charge in [-0.05, 0) is 59.7 Å². The number of carbonyl (C=O) groups is 1. The summed E-state index contributed by atoms with van der Waals surface area (Å²) in [5.41, 5.74) is 2.96. The van der Waals surface area contributed by atoms with Crippen LogP contribution in [0.5, 0.6) is 5.75 Å². The first-order chi connectivity index (χ1) is 15.7. The lowest BCUT2D eigenvalue weighted by Crippen LogP contribution is -2.31. The van der Waals surface area contributed by atoms with Crippen LogP contribution in [0, 0.1) is 0 Å². The molecule has 3 aromatic carbocycles. The van der Waals surface area contributed by atoms with E-state index in [2.05, 4.69) is 18.7 Å². The van der Waals surface area contributed by atoms with Crippen LogP contribution >= 0.6 is 11.8 Å². The van der Waals surface area contributed by atoms with Crippen molar-refractivity contribution < 1.29 is 9.53 Å². The van der Waals surface area contributed by atoms with Crippen molar-refractivity contribution in [2.75, 3.05) is 13.2 Å². The predicted octanol–water partition coefficient (Wildman–Crippen LogP) is 6.10. The van der Waals surface area contributed by atoms with Gasteiger partial charge >= 0.3 is 0 Å². The molecule has 4 rings (SSSR count). The first kappa shape index (κ1) is 21.7. The van der Waals surface area contributed by atoms with Gasteiger partial charge in [0.1, 0.15) is 12.4 Å². The molecule has 0 aliphatic carbocycles. The second kappa shape index (κ2) is 10.6. The molecule has 5 heteroatoms. The van der Waals surface area contributed by atoms with E-state index in [1.165, 1.54) is 17.3 Å². The molecule has 4 nitrogen and oxygen atoms in total. The van der Waals surface area contributed by atoms with Crippen LogP contribution in [0.25, 0.3) is 6.08 Å². The van der Waals surface area contributed by atoms with Gasteiger partial charge in [0.15, 0.2) is 5.17 Å². The summed E-state index contributed by atoms with van der Waals surface area (Å²) in [6, 6.07) is 27.6. The van der Waals surface area contributed by atoms with Crippen LogP contribution in [0.3, 0.4) is 0 Å². The molecule has 0 atom stereocenters. The molecule has 0 spiro atoms. The summed E-state index contributed by atoms with van der Waals surface area (Å²) in [6.07, 6.45) is 4.39. The van der Waals surface area contributed by atoms with Crippen LogP contribution in [-0.4, -0.2) is 29.1 Å². The minimum absolute atomic E-state index is 0.0207. The third kappa shape index (κ3) is 5.56. The molecule has 3 aromatic rings. The fourth-order valence-corrected chi connectivity index (χ4v) is 4.28. The van der Waals surface area contributed by atoms with Crippen molar-refractivity contribution in [2.24, 2.45) is 4.99 Å². The Bertz CT molecular complexity index is 1120. The molecule has 0 aromatic heterocycles. The van der Waals surface area contributed by atoms with Crippen molar-refractivity contribution in [3.05, 3.63) is 114 Å². The number of aliphatic imine (C=N–C) groups is 1. The van der Waals surface area contributed by atoms with Gasteiger partial charge in [-0.15, -0.1) is 0 Å². The Kier molecular flexibility index (Phi) is 7.20. The van der Waals surface area contributed by atoms with Crippen molar-refractivity contribution in [3.8, 4) is 5.75 Å². The Morgan fingerprint density at radius 1 is 0.938 bits per heavy atom. The maximum atomic E-state index is 13.3. The fourth-order valence-electron chi connectivity index (χ4n) is 3.25. The minimum Gasteiger partial charge on any atom is -0.490 e. The number of amides is 1. The molecular formula is C27H24N2O2S. The maximum Gasteiger partial charge on any atom is 0.266 e. The Morgan fingerprint density at radius 2 is 1.62 bits per heavy atom. The molecule has 0 radical (unpaired) electrons. The lowest BCUT2D eigenvalue weighted by Gasteiger charge is -2.15. The van der Waals surface area contributed by atoms with Gasteiger partial charge in [0.25, 0.3) is 5.91 Å². The second-order valence-electron chi connectivity index (χ2n) is 7.20. The number of nitrogens with zero attached hydrogens (tertiary/aromatic N) is 2. The number of hydrogen-bond donors (Lipinski definition) is 0. The van der Waals surface area contributed by atoms with Gasteiger partial charge in [0, 0.05) is 6.54 Å². The molecule has 1 aliphatic heterocycles.